The average molecular weight is 388 g/mol. The van der Waals surface area contributed by atoms with Crippen LogP contribution in [0.3, 0.4) is 0 Å². The van der Waals surface area contributed by atoms with E-state index >= 15 is 0 Å². The molecule has 26 heavy (non-hydrogen) atoms. The number of carboxylic acid groups (broad SMARTS) is 1. The Bertz CT molecular complexity index is 789. The Morgan fingerprint density at radius 3 is 2.69 bits per heavy atom. The molecule has 0 radical (unpaired) electrons. The van der Waals surface area contributed by atoms with Crippen molar-refractivity contribution in [2.45, 2.75) is 33.4 Å². The molecule has 2 heterocycles. The van der Waals surface area contributed by atoms with Gasteiger partial charge in [-0.1, -0.05) is 13.3 Å². The summed E-state index contributed by atoms with van der Waals surface area (Å²) in [6, 6.07) is 3.43. The van der Waals surface area contributed by atoms with E-state index in [4.69, 9.17) is 9.84 Å². The summed E-state index contributed by atoms with van der Waals surface area (Å²) in [7, 11) is -4.20. The summed E-state index contributed by atoms with van der Waals surface area (Å²) in [5, 5.41) is 19.4. The van der Waals surface area contributed by atoms with E-state index in [1.807, 2.05) is 10.8 Å². The average Bonchev–Trinajstić information content (AvgIpc) is 2.50. The molecule has 0 atom stereocenters. The molecule has 0 spiro atoms. The van der Waals surface area contributed by atoms with Crippen LogP contribution in [0.2, 0.25) is 0 Å². The number of rotatable bonds is 6. The fraction of sp³-hybridized carbons (Fsp3) is 0.400. The van der Waals surface area contributed by atoms with Crippen molar-refractivity contribution < 1.29 is 41.7 Å². The highest BCUT2D eigenvalue weighted by molar-refractivity contribution is 7.85. The van der Waals surface area contributed by atoms with Crippen LogP contribution in [-0.2, 0) is 35.5 Å². The van der Waals surface area contributed by atoms with Crippen LogP contribution in [0.25, 0.3) is 0 Å². The number of ether oxygens (including phenoxy) is 1. The second-order valence-electron chi connectivity index (χ2n) is 5.15. The van der Waals surface area contributed by atoms with Gasteiger partial charge >= 0.3 is 10.3 Å². The minimum atomic E-state index is -4.20. The predicted octanol–water partition coefficient (Wildman–Crippen LogP) is -1.14. The Hall–Kier alpha value is -2.66. The standard InChI is InChI=1S/C10H15NO2.C5H5NO6S/c1-2-3-7-13-9-11-6-4-5-10(12)8-11;1-2-3(5(8)9)4(7)6-13(10,11)12-2/h4-6,8H,2-3,7,9H2,1H3;1H3,(H,6,7)(H,8,9). The van der Waals surface area contributed by atoms with Gasteiger partial charge in [-0.25, -0.2) is 4.72 Å². The summed E-state index contributed by atoms with van der Waals surface area (Å²) in [4.78, 5) is 21.1. The van der Waals surface area contributed by atoms with Crippen LogP contribution in [0.5, 0.6) is 5.75 Å². The smallest absolute Gasteiger partial charge is 0.409 e. The number of nitrogens with one attached hydrogen (secondary N) is 1. The molecule has 0 aromatic carbocycles. The summed E-state index contributed by atoms with van der Waals surface area (Å²) in [5.74, 6) is -3.29. The molecule has 0 bridgehead atoms. The predicted molar refractivity (Wildman–Crippen MR) is 85.0 cm³/mol. The molecule has 1 aromatic heterocycles. The molecule has 1 amide bonds. The molecule has 11 heteroatoms. The Kier molecular flexibility index (Phi) is 8.00. The summed E-state index contributed by atoms with van der Waals surface area (Å²) < 4.78 is 33.9. The number of aromatic hydroxyl groups is 1. The lowest BCUT2D eigenvalue weighted by molar-refractivity contribution is -0.733. The molecule has 0 saturated carbocycles. The van der Waals surface area contributed by atoms with E-state index in [-0.39, 0.29) is 5.75 Å². The Morgan fingerprint density at radius 2 is 2.15 bits per heavy atom. The largest absolute Gasteiger partial charge is 0.544 e. The maximum Gasteiger partial charge on any atom is 0.409 e. The number of allylic oxidation sites excluding steroid dienone is 1. The summed E-state index contributed by atoms with van der Waals surface area (Å²) in [6.07, 6.45) is 5.74. The van der Waals surface area contributed by atoms with Crippen LogP contribution in [0, 0.1) is 0 Å². The fourth-order valence-electron chi connectivity index (χ4n) is 1.79. The van der Waals surface area contributed by atoms with Gasteiger partial charge in [0.1, 0.15) is 11.3 Å². The molecule has 2 rings (SSSR count). The molecule has 0 saturated heterocycles. The third-order valence-corrected chi connectivity index (χ3v) is 3.87. The monoisotopic (exact) mass is 388 g/mol. The van der Waals surface area contributed by atoms with Crippen molar-refractivity contribution in [3.63, 3.8) is 0 Å². The number of aromatic nitrogens is 1. The molecular formula is C15H20N2O8S. The van der Waals surface area contributed by atoms with E-state index in [2.05, 4.69) is 11.1 Å². The van der Waals surface area contributed by atoms with Crippen molar-refractivity contribution in [1.82, 2.24) is 4.72 Å². The van der Waals surface area contributed by atoms with Gasteiger partial charge in [-0.2, -0.15) is 13.0 Å². The SMILES string of the molecule is CC1=C(C(=O)[O-])C(=O)NS(=O)(=O)O1.CCCCOC[n+]1cccc(O)c1. The zero-order valence-electron chi connectivity index (χ0n) is 14.3. The maximum absolute atomic E-state index is 10.8. The topological polar surface area (TPSA) is 146 Å². The first-order chi connectivity index (χ1) is 12.2. The van der Waals surface area contributed by atoms with Crippen LogP contribution in [0.1, 0.15) is 26.7 Å². The quantitative estimate of drug-likeness (QED) is 0.353. The molecule has 144 valence electrons. The molecule has 1 aromatic rings. The molecule has 0 unspecified atom stereocenters. The van der Waals surface area contributed by atoms with Gasteiger partial charge in [-0.15, -0.1) is 0 Å². The van der Waals surface area contributed by atoms with Crippen molar-refractivity contribution >= 4 is 22.2 Å². The van der Waals surface area contributed by atoms with Gasteiger partial charge in [0.15, 0.2) is 11.9 Å². The first kappa shape index (κ1) is 21.4. The normalized spacial score (nSPS) is 15.4. The maximum atomic E-state index is 10.8. The first-order valence-electron chi connectivity index (χ1n) is 7.61. The summed E-state index contributed by atoms with van der Waals surface area (Å²) in [5.41, 5.74) is -0.824. The van der Waals surface area contributed by atoms with Gasteiger partial charge < -0.3 is 23.9 Å². The molecule has 1 aliphatic heterocycles. The van der Waals surface area contributed by atoms with Gasteiger partial charge in [0.2, 0.25) is 6.20 Å². The van der Waals surface area contributed by atoms with Crippen LogP contribution >= 0.6 is 0 Å². The number of carboxylic acids is 1. The lowest BCUT2D eigenvalue weighted by Crippen LogP contribution is -2.43. The van der Waals surface area contributed by atoms with Crippen molar-refractivity contribution in [1.29, 1.82) is 0 Å². The first-order valence-corrected chi connectivity index (χ1v) is 9.01. The lowest BCUT2D eigenvalue weighted by atomic mass is 10.2. The van der Waals surface area contributed by atoms with Crippen molar-refractivity contribution in [2.24, 2.45) is 0 Å². The number of hydrogen-bond acceptors (Lipinski definition) is 8. The van der Waals surface area contributed by atoms with Gasteiger partial charge in [0.05, 0.1) is 12.6 Å². The minimum absolute atomic E-state index is 0.265. The second kappa shape index (κ2) is 9.73. The summed E-state index contributed by atoms with van der Waals surface area (Å²) >= 11 is 0. The van der Waals surface area contributed by atoms with E-state index in [0.717, 1.165) is 26.4 Å². The third kappa shape index (κ3) is 7.07. The van der Waals surface area contributed by atoms with E-state index < -0.39 is 33.5 Å². The molecule has 0 aliphatic carbocycles. The zero-order chi connectivity index (χ0) is 19.7. The number of pyridine rings is 1. The van der Waals surface area contributed by atoms with Crippen LogP contribution < -0.4 is 14.4 Å². The Labute approximate surface area is 150 Å². The number of carbonyl (C=O) groups is 2. The van der Waals surface area contributed by atoms with Gasteiger partial charge in [0, 0.05) is 6.07 Å². The third-order valence-electron chi connectivity index (χ3n) is 2.96. The molecule has 10 nitrogen and oxygen atoms in total. The van der Waals surface area contributed by atoms with Crippen LogP contribution in [0.15, 0.2) is 35.9 Å². The summed E-state index contributed by atoms with van der Waals surface area (Å²) in [6.45, 7) is 4.46. The number of nitrogens with zero attached hydrogens (tertiary/aromatic N) is 1. The van der Waals surface area contributed by atoms with E-state index in [1.54, 1.807) is 18.3 Å². The molecular weight excluding hydrogens is 368 g/mol. The zero-order valence-corrected chi connectivity index (χ0v) is 15.1. The number of amides is 1. The van der Waals surface area contributed by atoms with E-state index in [1.165, 1.54) is 4.72 Å². The van der Waals surface area contributed by atoms with Crippen LogP contribution in [0.4, 0.5) is 0 Å². The van der Waals surface area contributed by atoms with Gasteiger partial charge in [-0.05, 0) is 19.4 Å². The van der Waals surface area contributed by atoms with Crippen molar-refractivity contribution in [3.05, 3.63) is 35.9 Å². The second-order valence-corrected chi connectivity index (χ2v) is 6.43. The minimum Gasteiger partial charge on any atom is -0.544 e. The van der Waals surface area contributed by atoms with Crippen molar-refractivity contribution in [3.8, 4) is 5.75 Å². The van der Waals surface area contributed by atoms with Crippen molar-refractivity contribution in [2.75, 3.05) is 6.61 Å². The molecule has 1 aliphatic rings. The Morgan fingerprint density at radius 1 is 1.46 bits per heavy atom. The van der Waals surface area contributed by atoms with Crippen LogP contribution in [-0.4, -0.2) is 32.0 Å². The fourth-order valence-corrected chi connectivity index (χ4v) is 2.58. The lowest BCUT2D eigenvalue weighted by Gasteiger charge is -2.18. The Balaban J connectivity index is 0.000000260. The number of carbonyl (C=O) groups excluding carboxylic acids is 2. The number of unbranched alkanes of at least 4 members (excludes halogenated alkanes) is 1. The van der Waals surface area contributed by atoms with E-state index in [0.29, 0.717) is 6.73 Å². The highest BCUT2D eigenvalue weighted by atomic mass is 32.2. The molecule has 2 N–H and O–H groups in total. The number of aliphatic carboxylic acids is 1. The van der Waals surface area contributed by atoms with Gasteiger partial charge in [-0.3, -0.25) is 4.79 Å². The molecule has 0 fully saturated rings. The highest BCUT2D eigenvalue weighted by Crippen LogP contribution is 2.13. The highest BCUT2D eigenvalue weighted by Gasteiger charge is 2.29. The van der Waals surface area contributed by atoms with E-state index in [9.17, 15) is 23.1 Å². The van der Waals surface area contributed by atoms with Gasteiger partial charge in [0.25, 0.3) is 12.6 Å². The number of hydrogen-bond donors (Lipinski definition) is 2.